The van der Waals surface area contributed by atoms with Crippen LogP contribution >= 0.6 is 0 Å². The second kappa shape index (κ2) is 6.07. The maximum absolute atomic E-state index is 11.7. The van der Waals surface area contributed by atoms with Crippen LogP contribution in [0.4, 0.5) is 5.82 Å². The van der Waals surface area contributed by atoms with Gasteiger partial charge in [-0.3, -0.25) is 4.79 Å². The quantitative estimate of drug-likeness (QED) is 0.515. The number of amides is 1. The van der Waals surface area contributed by atoms with Gasteiger partial charge >= 0.3 is 0 Å². The number of carbonyl (C=O) groups excluding carboxylic acids is 1. The Bertz CT molecular complexity index is 354. The summed E-state index contributed by atoms with van der Waals surface area (Å²) in [5.74, 6) is 6.00. The van der Waals surface area contributed by atoms with Crippen molar-refractivity contribution in [3.05, 3.63) is 23.9 Å². The number of carbonyl (C=O) groups is 1. The third-order valence-electron chi connectivity index (χ3n) is 2.44. The largest absolute Gasteiger partial charge is 0.350 e. The Hall–Kier alpha value is -1.62. The Kier molecular flexibility index (Phi) is 4.72. The van der Waals surface area contributed by atoms with Gasteiger partial charge in [-0.05, 0) is 18.1 Å². The van der Waals surface area contributed by atoms with Gasteiger partial charge in [0.15, 0.2) is 0 Å². The van der Waals surface area contributed by atoms with Crippen LogP contribution in [0.25, 0.3) is 0 Å². The molecule has 4 N–H and O–H groups in total. The van der Waals surface area contributed by atoms with Crippen molar-refractivity contribution >= 4 is 11.7 Å². The average Bonchev–Trinajstić information content (AvgIpc) is 2.35. The van der Waals surface area contributed by atoms with Crippen molar-refractivity contribution in [2.45, 2.75) is 20.3 Å². The van der Waals surface area contributed by atoms with Crippen LogP contribution in [0.3, 0.4) is 0 Å². The number of pyridine rings is 1. The Morgan fingerprint density at radius 3 is 2.94 bits per heavy atom. The van der Waals surface area contributed by atoms with Gasteiger partial charge < -0.3 is 10.7 Å². The molecule has 1 rings (SSSR count). The summed E-state index contributed by atoms with van der Waals surface area (Å²) in [5.41, 5.74) is 2.78. The van der Waals surface area contributed by atoms with Crippen LogP contribution in [0.1, 0.15) is 30.8 Å². The highest BCUT2D eigenvalue weighted by atomic mass is 16.1. The lowest BCUT2D eigenvalue weighted by atomic mass is 10.1. The van der Waals surface area contributed by atoms with Gasteiger partial charge in [0.25, 0.3) is 5.91 Å². The first kappa shape index (κ1) is 12.4. The fourth-order valence-corrected chi connectivity index (χ4v) is 1.14. The first-order valence-corrected chi connectivity index (χ1v) is 5.39. The van der Waals surface area contributed by atoms with Crippen LogP contribution in [-0.4, -0.2) is 17.4 Å². The number of hydrazine groups is 1. The molecule has 0 spiro atoms. The van der Waals surface area contributed by atoms with Gasteiger partial charge in [-0.1, -0.05) is 26.3 Å². The minimum absolute atomic E-state index is 0.169. The predicted octanol–water partition coefficient (Wildman–Crippen LogP) is 1.14. The predicted molar refractivity (Wildman–Crippen MR) is 63.8 cm³/mol. The number of rotatable bonds is 5. The minimum atomic E-state index is -0.169. The zero-order valence-electron chi connectivity index (χ0n) is 9.66. The summed E-state index contributed by atoms with van der Waals surface area (Å²) < 4.78 is 0. The topological polar surface area (TPSA) is 80.0 Å². The summed E-state index contributed by atoms with van der Waals surface area (Å²) in [4.78, 5) is 15.7. The minimum Gasteiger partial charge on any atom is -0.350 e. The van der Waals surface area contributed by atoms with Crippen molar-refractivity contribution in [1.82, 2.24) is 10.3 Å². The Balaban J connectivity index is 2.58. The van der Waals surface area contributed by atoms with E-state index in [4.69, 9.17) is 5.84 Å². The fraction of sp³-hybridized carbons (Fsp3) is 0.455. The second-order valence-corrected chi connectivity index (χ2v) is 3.78. The summed E-state index contributed by atoms with van der Waals surface area (Å²) >= 11 is 0. The molecule has 1 amide bonds. The van der Waals surface area contributed by atoms with E-state index in [1.807, 2.05) is 0 Å². The highest BCUT2D eigenvalue weighted by Crippen LogP contribution is 2.03. The van der Waals surface area contributed by atoms with E-state index in [-0.39, 0.29) is 5.91 Å². The zero-order chi connectivity index (χ0) is 12.0. The van der Waals surface area contributed by atoms with Crippen molar-refractivity contribution in [2.75, 3.05) is 12.0 Å². The van der Waals surface area contributed by atoms with E-state index < -0.39 is 0 Å². The summed E-state index contributed by atoms with van der Waals surface area (Å²) in [6, 6.07) is 5.10. The van der Waals surface area contributed by atoms with Crippen molar-refractivity contribution in [1.29, 1.82) is 0 Å². The van der Waals surface area contributed by atoms with Gasteiger partial charge in [0.2, 0.25) is 0 Å². The van der Waals surface area contributed by atoms with E-state index in [1.54, 1.807) is 18.2 Å². The number of nitrogens with zero attached hydrogens (tertiary/aromatic N) is 1. The molecule has 0 aliphatic heterocycles. The van der Waals surface area contributed by atoms with E-state index in [0.717, 1.165) is 6.42 Å². The van der Waals surface area contributed by atoms with Gasteiger partial charge in [0.05, 0.1) is 0 Å². The lowest BCUT2D eigenvalue weighted by Gasteiger charge is -2.10. The van der Waals surface area contributed by atoms with Crippen molar-refractivity contribution in [3.63, 3.8) is 0 Å². The van der Waals surface area contributed by atoms with E-state index >= 15 is 0 Å². The van der Waals surface area contributed by atoms with Crippen molar-refractivity contribution < 1.29 is 4.79 Å². The first-order valence-electron chi connectivity index (χ1n) is 5.39. The maximum atomic E-state index is 11.7. The number of aromatic nitrogens is 1. The van der Waals surface area contributed by atoms with E-state index in [1.165, 1.54) is 0 Å². The smallest absolute Gasteiger partial charge is 0.269 e. The molecule has 88 valence electrons. The average molecular weight is 222 g/mol. The summed E-state index contributed by atoms with van der Waals surface area (Å²) in [6.07, 6.45) is 1.04. The Morgan fingerprint density at radius 2 is 2.31 bits per heavy atom. The Labute approximate surface area is 95.4 Å². The van der Waals surface area contributed by atoms with Gasteiger partial charge in [-0.2, -0.15) is 0 Å². The number of nitrogens with one attached hydrogen (secondary N) is 2. The molecule has 1 aromatic rings. The van der Waals surface area contributed by atoms with Crippen LogP contribution in [-0.2, 0) is 0 Å². The lowest BCUT2D eigenvalue weighted by molar-refractivity contribution is 0.0943. The highest BCUT2D eigenvalue weighted by Gasteiger charge is 2.08. The van der Waals surface area contributed by atoms with Gasteiger partial charge in [-0.15, -0.1) is 0 Å². The molecule has 0 aliphatic carbocycles. The zero-order valence-corrected chi connectivity index (χ0v) is 9.66. The summed E-state index contributed by atoms with van der Waals surface area (Å²) in [5, 5.41) is 2.83. The van der Waals surface area contributed by atoms with Gasteiger partial charge in [0.1, 0.15) is 11.5 Å². The molecule has 1 unspecified atom stereocenters. The van der Waals surface area contributed by atoms with E-state index in [2.05, 4.69) is 29.6 Å². The molecular formula is C11H18N4O. The molecule has 0 saturated carbocycles. The van der Waals surface area contributed by atoms with Gasteiger partial charge in [-0.25, -0.2) is 10.8 Å². The lowest BCUT2D eigenvalue weighted by Crippen LogP contribution is -2.29. The third kappa shape index (κ3) is 3.51. The number of anilines is 1. The van der Waals surface area contributed by atoms with Crippen LogP contribution < -0.4 is 16.6 Å². The van der Waals surface area contributed by atoms with Crippen molar-refractivity contribution in [3.8, 4) is 0 Å². The molecule has 0 fully saturated rings. The molecule has 0 aromatic carbocycles. The fourth-order valence-electron chi connectivity index (χ4n) is 1.14. The van der Waals surface area contributed by atoms with E-state index in [0.29, 0.717) is 24.0 Å². The Morgan fingerprint density at radius 1 is 1.56 bits per heavy atom. The summed E-state index contributed by atoms with van der Waals surface area (Å²) in [6.45, 7) is 4.84. The van der Waals surface area contributed by atoms with Gasteiger partial charge in [0, 0.05) is 6.54 Å². The van der Waals surface area contributed by atoms with Crippen LogP contribution in [0.15, 0.2) is 18.2 Å². The first-order chi connectivity index (χ1) is 7.67. The number of hydrogen-bond donors (Lipinski definition) is 3. The molecule has 1 heterocycles. The monoisotopic (exact) mass is 222 g/mol. The second-order valence-electron chi connectivity index (χ2n) is 3.78. The molecule has 0 bridgehead atoms. The number of nitrogen functional groups attached to an aromatic ring is 1. The standard InChI is InChI=1S/C11H18N4O/c1-3-8(2)7-13-11(16)9-5-4-6-10(14-9)15-12/h4-6,8H,3,7,12H2,1-2H3,(H,13,16)(H,14,15). The third-order valence-corrected chi connectivity index (χ3v) is 2.44. The van der Waals surface area contributed by atoms with Crippen LogP contribution in [0, 0.1) is 5.92 Å². The molecule has 1 aromatic heterocycles. The maximum Gasteiger partial charge on any atom is 0.269 e. The normalized spacial score (nSPS) is 11.9. The molecule has 16 heavy (non-hydrogen) atoms. The number of nitrogens with two attached hydrogens (primary N) is 1. The summed E-state index contributed by atoms with van der Waals surface area (Å²) in [7, 11) is 0. The molecule has 5 nitrogen and oxygen atoms in total. The molecule has 0 aliphatic rings. The molecule has 0 radical (unpaired) electrons. The van der Waals surface area contributed by atoms with Crippen LogP contribution in [0.5, 0.6) is 0 Å². The molecule has 1 atom stereocenters. The SMILES string of the molecule is CCC(C)CNC(=O)c1cccc(NN)n1. The van der Waals surface area contributed by atoms with Crippen LogP contribution in [0.2, 0.25) is 0 Å². The van der Waals surface area contributed by atoms with E-state index in [9.17, 15) is 4.79 Å². The molecular weight excluding hydrogens is 204 g/mol. The molecule has 5 heteroatoms. The van der Waals surface area contributed by atoms with Crippen molar-refractivity contribution in [2.24, 2.45) is 11.8 Å². The number of hydrogen-bond acceptors (Lipinski definition) is 4. The highest BCUT2D eigenvalue weighted by molar-refractivity contribution is 5.92. The molecule has 0 saturated heterocycles.